The van der Waals surface area contributed by atoms with Crippen LogP contribution < -0.4 is 0 Å². The van der Waals surface area contributed by atoms with Crippen molar-refractivity contribution >= 4 is 11.8 Å². The maximum Gasteiger partial charge on any atom is 0.333 e. The predicted molar refractivity (Wildman–Crippen MR) is 125 cm³/mol. The largest absolute Gasteiger partial charge is 0.458 e. The summed E-state index contributed by atoms with van der Waals surface area (Å²) < 4.78 is 5.80. The zero-order valence-corrected chi connectivity index (χ0v) is 20.6. The minimum absolute atomic E-state index is 0.0209. The maximum absolute atomic E-state index is 13.1. The van der Waals surface area contributed by atoms with Gasteiger partial charge in [-0.3, -0.25) is 4.79 Å². The lowest BCUT2D eigenvalue weighted by atomic mass is 9.45. The molecule has 0 aromatic heterocycles. The molecule has 0 aromatic rings. The van der Waals surface area contributed by atoms with Crippen molar-refractivity contribution in [3.05, 3.63) is 35.5 Å². The highest BCUT2D eigenvalue weighted by Gasteiger charge is 2.68. The van der Waals surface area contributed by atoms with Gasteiger partial charge < -0.3 is 14.9 Å². The van der Waals surface area contributed by atoms with E-state index < -0.39 is 16.6 Å². The monoisotopic (exact) mass is 454 g/mol. The first-order chi connectivity index (χ1) is 15.4. The molecule has 0 saturated heterocycles. The summed E-state index contributed by atoms with van der Waals surface area (Å²) in [7, 11) is 0. The number of fused-ring (bicyclic) bond motifs is 5. The van der Waals surface area contributed by atoms with Crippen LogP contribution in [-0.2, 0) is 14.3 Å². The van der Waals surface area contributed by atoms with E-state index in [1.54, 1.807) is 19.1 Å². The zero-order chi connectivity index (χ0) is 24.0. The Hall–Kier alpha value is -1.72. The van der Waals surface area contributed by atoms with E-state index in [1.165, 1.54) is 0 Å². The molecule has 5 rings (SSSR count). The lowest BCUT2D eigenvalue weighted by molar-refractivity contribution is -0.188. The SMILES string of the molecule is CC1=C(C)C(=O)O[C@@H]([C@@H](C)[C@@]2(O)CC[C@H]3[C@@H]4C=C[C@@]5(O)CC=CC(=O)[C@]5(C)[C@H]4CC[C@@]32C)C1. The highest BCUT2D eigenvalue weighted by atomic mass is 16.5. The first-order valence-corrected chi connectivity index (χ1v) is 12.6. The van der Waals surface area contributed by atoms with Gasteiger partial charge in [0.1, 0.15) is 6.10 Å². The second kappa shape index (κ2) is 7.14. The van der Waals surface area contributed by atoms with Gasteiger partial charge in [-0.05, 0) is 76.7 Å². The van der Waals surface area contributed by atoms with Crippen molar-refractivity contribution in [2.45, 2.75) is 90.4 Å². The van der Waals surface area contributed by atoms with E-state index in [-0.39, 0.29) is 46.9 Å². The van der Waals surface area contributed by atoms with Crippen molar-refractivity contribution in [1.29, 1.82) is 0 Å². The Morgan fingerprint density at radius 1 is 1.09 bits per heavy atom. The number of cyclic esters (lactones) is 1. The summed E-state index contributed by atoms with van der Waals surface area (Å²) >= 11 is 0. The zero-order valence-electron chi connectivity index (χ0n) is 20.6. The van der Waals surface area contributed by atoms with Gasteiger partial charge in [0.25, 0.3) is 0 Å². The van der Waals surface area contributed by atoms with Crippen molar-refractivity contribution in [3.8, 4) is 0 Å². The Balaban J connectivity index is 1.47. The number of aliphatic hydroxyl groups is 2. The van der Waals surface area contributed by atoms with Crippen LogP contribution in [0.5, 0.6) is 0 Å². The number of rotatable bonds is 2. The average Bonchev–Trinajstić information content (AvgIpc) is 3.05. The lowest BCUT2D eigenvalue weighted by Crippen LogP contribution is -2.63. The minimum Gasteiger partial charge on any atom is -0.458 e. The van der Waals surface area contributed by atoms with Crippen molar-refractivity contribution in [2.75, 3.05) is 0 Å². The Morgan fingerprint density at radius 2 is 1.79 bits per heavy atom. The molecule has 180 valence electrons. The first-order valence-electron chi connectivity index (χ1n) is 12.6. The number of carbonyl (C=O) groups is 2. The highest BCUT2D eigenvalue weighted by molar-refractivity contribution is 5.97. The van der Waals surface area contributed by atoms with Crippen LogP contribution in [0.3, 0.4) is 0 Å². The van der Waals surface area contributed by atoms with Crippen LogP contribution in [-0.4, -0.2) is 39.3 Å². The van der Waals surface area contributed by atoms with E-state index in [9.17, 15) is 19.8 Å². The quantitative estimate of drug-likeness (QED) is 0.481. The molecule has 1 aliphatic heterocycles. The van der Waals surface area contributed by atoms with Gasteiger partial charge in [0, 0.05) is 23.3 Å². The summed E-state index contributed by atoms with van der Waals surface area (Å²) in [6.07, 6.45) is 11.4. The fraction of sp³-hybridized carbons (Fsp3) is 0.714. The number of ketones is 1. The van der Waals surface area contributed by atoms with Crippen LogP contribution >= 0.6 is 0 Å². The Kier molecular flexibility index (Phi) is 4.99. The Bertz CT molecular complexity index is 992. The van der Waals surface area contributed by atoms with Gasteiger partial charge in [-0.2, -0.15) is 0 Å². The summed E-state index contributed by atoms with van der Waals surface area (Å²) in [5, 5.41) is 23.7. The molecule has 5 aliphatic rings. The summed E-state index contributed by atoms with van der Waals surface area (Å²) in [6, 6.07) is 0. The average molecular weight is 455 g/mol. The lowest BCUT2D eigenvalue weighted by Gasteiger charge is -2.60. The van der Waals surface area contributed by atoms with Crippen LogP contribution in [0.25, 0.3) is 0 Å². The van der Waals surface area contributed by atoms with Crippen molar-refractivity contribution < 1.29 is 24.5 Å². The number of ether oxygens (including phenoxy) is 1. The molecule has 2 N–H and O–H groups in total. The molecule has 4 aliphatic carbocycles. The molecule has 2 saturated carbocycles. The van der Waals surface area contributed by atoms with Gasteiger partial charge in [0.15, 0.2) is 5.78 Å². The molecule has 0 bridgehead atoms. The van der Waals surface area contributed by atoms with Crippen molar-refractivity contribution in [1.82, 2.24) is 0 Å². The van der Waals surface area contributed by atoms with Crippen molar-refractivity contribution in [2.24, 2.45) is 34.5 Å². The smallest absolute Gasteiger partial charge is 0.333 e. The normalized spacial score (nSPS) is 49.9. The maximum atomic E-state index is 13.1. The third kappa shape index (κ3) is 2.78. The number of carbonyl (C=O) groups excluding carboxylic acids is 2. The van der Waals surface area contributed by atoms with Gasteiger partial charge in [0.05, 0.1) is 16.6 Å². The van der Waals surface area contributed by atoms with E-state index >= 15 is 0 Å². The molecule has 0 amide bonds. The highest BCUT2D eigenvalue weighted by Crippen LogP contribution is 2.68. The van der Waals surface area contributed by atoms with E-state index in [0.717, 1.165) is 24.8 Å². The third-order valence-electron chi connectivity index (χ3n) is 11.0. The fourth-order valence-corrected chi connectivity index (χ4v) is 8.38. The van der Waals surface area contributed by atoms with Crippen LogP contribution in [0.15, 0.2) is 35.5 Å². The third-order valence-corrected chi connectivity index (χ3v) is 11.0. The molecule has 2 fully saturated rings. The van der Waals surface area contributed by atoms with Crippen LogP contribution in [0.4, 0.5) is 0 Å². The molecule has 0 radical (unpaired) electrons. The summed E-state index contributed by atoms with van der Waals surface area (Å²) in [5.74, 6) is -0.0148. The second-order valence-electron chi connectivity index (χ2n) is 12.0. The van der Waals surface area contributed by atoms with Gasteiger partial charge in [0.2, 0.25) is 0 Å². The summed E-state index contributed by atoms with van der Waals surface area (Å²) in [4.78, 5) is 25.5. The second-order valence-corrected chi connectivity index (χ2v) is 12.0. The van der Waals surface area contributed by atoms with Gasteiger partial charge in [-0.1, -0.05) is 37.6 Å². The standard InChI is InChI=1S/C28H38O5/c1-16-15-22(33-24(30)17(16)2)18(3)28(32)14-10-20-19-8-13-27(31)11-6-7-23(29)26(27,5)21(19)9-12-25(20,28)4/h6-8,13,18-22,31-32H,9-12,14-15H2,1-5H3/t18-,19+,20+,21+,22-,25+,26+,27+,28+/m1/s1. The van der Waals surface area contributed by atoms with Crippen LogP contribution in [0, 0.1) is 34.5 Å². The van der Waals surface area contributed by atoms with Crippen LogP contribution in [0.2, 0.25) is 0 Å². The number of esters is 1. The van der Waals surface area contributed by atoms with Crippen LogP contribution in [0.1, 0.15) is 73.1 Å². The molecule has 9 atom stereocenters. The molecular formula is C28H38O5. The van der Waals surface area contributed by atoms with E-state index in [2.05, 4.69) is 13.0 Å². The molecule has 0 unspecified atom stereocenters. The number of allylic oxidation sites excluding steroid dienone is 2. The van der Waals surface area contributed by atoms with E-state index in [0.29, 0.717) is 24.8 Å². The molecule has 5 heteroatoms. The first kappa shape index (κ1) is 23.0. The van der Waals surface area contributed by atoms with E-state index in [1.807, 2.05) is 26.8 Å². The Morgan fingerprint density at radius 3 is 2.48 bits per heavy atom. The van der Waals surface area contributed by atoms with Gasteiger partial charge in [-0.15, -0.1) is 0 Å². The minimum atomic E-state index is -1.13. The number of hydrogen-bond acceptors (Lipinski definition) is 5. The van der Waals surface area contributed by atoms with Gasteiger partial charge >= 0.3 is 5.97 Å². The summed E-state index contributed by atoms with van der Waals surface area (Å²) in [6.45, 7) is 9.98. The molecule has 1 heterocycles. The molecular weight excluding hydrogens is 416 g/mol. The van der Waals surface area contributed by atoms with Crippen molar-refractivity contribution in [3.63, 3.8) is 0 Å². The fourth-order valence-electron chi connectivity index (χ4n) is 8.38. The van der Waals surface area contributed by atoms with E-state index in [4.69, 9.17) is 4.74 Å². The predicted octanol–water partition coefficient (Wildman–Crippen LogP) is 4.28. The number of hydrogen-bond donors (Lipinski definition) is 2. The summed E-state index contributed by atoms with van der Waals surface area (Å²) in [5.41, 5.74) is -1.52. The molecule has 0 aromatic carbocycles. The molecule has 0 spiro atoms. The van der Waals surface area contributed by atoms with Gasteiger partial charge in [-0.25, -0.2) is 4.79 Å². The molecule has 5 nitrogen and oxygen atoms in total. The topological polar surface area (TPSA) is 83.8 Å². The Labute approximate surface area is 197 Å². The molecule has 33 heavy (non-hydrogen) atoms.